The highest BCUT2D eigenvalue weighted by atomic mass is 16.7. The largest absolute Gasteiger partial charge is 0.454 e. The molecule has 0 saturated carbocycles. The van der Waals surface area contributed by atoms with Crippen molar-refractivity contribution in [2.75, 3.05) is 13.6 Å². The summed E-state index contributed by atoms with van der Waals surface area (Å²) < 4.78 is 21.5. The van der Waals surface area contributed by atoms with Crippen LogP contribution in [0.4, 0.5) is 0 Å². The number of benzene rings is 2. The minimum Gasteiger partial charge on any atom is -0.454 e. The Kier molecular flexibility index (Phi) is 3.99. The molecule has 0 radical (unpaired) electrons. The zero-order chi connectivity index (χ0) is 18.2. The molecule has 2 N–H and O–H groups in total. The molecule has 0 aromatic heterocycles. The minimum atomic E-state index is -0.322. The van der Waals surface area contributed by atoms with E-state index in [1.807, 2.05) is 36.4 Å². The summed E-state index contributed by atoms with van der Waals surface area (Å²) in [6.07, 6.45) is 0.977. The first-order chi connectivity index (χ1) is 13.3. The molecule has 8 nitrogen and oxygen atoms in total. The average Bonchev–Trinajstić information content (AvgIpc) is 3.44. The molecule has 2 aromatic rings. The number of fused-ring (bicyclic) bond motifs is 2. The van der Waals surface area contributed by atoms with Crippen LogP contribution < -0.4 is 24.4 Å². The van der Waals surface area contributed by atoms with Gasteiger partial charge in [0.15, 0.2) is 29.1 Å². The molecule has 2 aromatic carbocycles. The fraction of sp³-hybridized carbons (Fsp3) is 0.316. The predicted molar refractivity (Wildman–Crippen MR) is 93.3 cm³/mol. The molecule has 5 rings (SSSR count). The van der Waals surface area contributed by atoms with E-state index in [4.69, 9.17) is 23.8 Å². The van der Waals surface area contributed by atoms with E-state index in [1.165, 1.54) is 0 Å². The topological polar surface area (TPSA) is 90.8 Å². The summed E-state index contributed by atoms with van der Waals surface area (Å²) in [5.41, 5.74) is 5.08. The van der Waals surface area contributed by atoms with Crippen molar-refractivity contribution in [1.29, 1.82) is 0 Å². The smallest absolute Gasteiger partial charge is 0.231 e. The molecule has 2 unspecified atom stereocenters. The van der Waals surface area contributed by atoms with E-state index in [2.05, 4.69) is 10.6 Å². The van der Waals surface area contributed by atoms with Crippen LogP contribution in [0, 0.1) is 0 Å². The van der Waals surface area contributed by atoms with Crippen molar-refractivity contribution in [3.05, 3.63) is 47.5 Å². The summed E-state index contributed by atoms with van der Waals surface area (Å²) in [7, 11) is 0. The Morgan fingerprint density at radius 2 is 1.67 bits per heavy atom. The van der Waals surface area contributed by atoms with Gasteiger partial charge in [0.05, 0.1) is 11.8 Å². The van der Waals surface area contributed by atoms with Crippen LogP contribution in [0.2, 0.25) is 0 Å². The lowest BCUT2D eigenvalue weighted by atomic mass is 9.97. The highest BCUT2D eigenvalue weighted by Gasteiger charge is 2.28. The molecule has 27 heavy (non-hydrogen) atoms. The van der Waals surface area contributed by atoms with Crippen LogP contribution in [0.5, 0.6) is 23.0 Å². The number of hydrogen-bond donors (Lipinski definition) is 2. The van der Waals surface area contributed by atoms with Crippen LogP contribution in [-0.2, 0) is 4.84 Å². The van der Waals surface area contributed by atoms with Crippen molar-refractivity contribution in [3.8, 4) is 23.0 Å². The van der Waals surface area contributed by atoms with Crippen molar-refractivity contribution in [1.82, 2.24) is 5.48 Å². The maximum absolute atomic E-state index is 9.63. The number of nitrogens with one attached hydrogen (secondary N) is 1. The van der Waals surface area contributed by atoms with Gasteiger partial charge in [-0.2, -0.15) is 5.48 Å². The van der Waals surface area contributed by atoms with E-state index in [0.717, 1.165) is 28.3 Å². The molecule has 140 valence electrons. The second kappa shape index (κ2) is 6.64. The fourth-order valence-corrected chi connectivity index (χ4v) is 3.44. The molecule has 3 aliphatic heterocycles. The van der Waals surface area contributed by atoms with Gasteiger partial charge in [0.2, 0.25) is 13.6 Å². The Labute approximate surface area is 155 Å². The zero-order valence-electron chi connectivity index (χ0n) is 14.4. The van der Waals surface area contributed by atoms with Gasteiger partial charge in [0.25, 0.3) is 0 Å². The molecule has 0 fully saturated rings. The first-order valence-electron chi connectivity index (χ1n) is 8.70. The SMILES string of the molecule is ONC(CC1=NOC(c2ccc3c(c2)OCO3)C1)c1ccc2c(c1)OCO2. The molecule has 3 aliphatic rings. The average molecular weight is 370 g/mol. The Balaban J connectivity index is 1.27. The summed E-state index contributed by atoms with van der Waals surface area (Å²) in [4.78, 5) is 5.60. The molecule has 0 aliphatic carbocycles. The van der Waals surface area contributed by atoms with E-state index in [0.29, 0.717) is 24.3 Å². The summed E-state index contributed by atoms with van der Waals surface area (Å²) in [6, 6.07) is 11.0. The van der Waals surface area contributed by atoms with Gasteiger partial charge in [0.1, 0.15) is 0 Å². The zero-order valence-corrected chi connectivity index (χ0v) is 14.4. The van der Waals surface area contributed by atoms with Crippen molar-refractivity contribution in [3.63, 3.8) is 0 Å². The number of hydroxylamine groups is 1. The van der Waals surface area contributed by atoms with E-state index < -0.39 is 0 Å². The molecule has 2 atom stereocenters. The molecular formula is C19H18N2O6. The van der Waals surface area contributed by atoms with Gasteiger partial charge >= 0.3 is 0 Å². The Hall–Kier alpha value is -2.97. The Bertz CT molecular complexity index is 900. The second-order valence-electron chi connectivity index (χ2n) is 6.57. The molecule has 8 heteroatoms. The lowest BCUT2D eigenvalue weighted by Gasteiger charge is -2.15. The van der Waals surface area contributed by atoms with Crippen LogP contribution in [-0.4, -0.2) is 24.5 Å². The third-order valence-electron chi connectivity index (χ3n) is 4.89. The first-order valence-corrected chi connectivity index (χ1v) is 8.70. The molecule has 0 bridgehead atoms. The molecule has 0 spiro atoms. The van der Waals surface area contributed by atoms with Crippen LogP contribution in [0.25, 0.3) is 0 Å². The molecular weight excluding hydrogens is 352 g/mol. The lowest BCUT2D eigenvalue weighted by Crippen LogP contribution is -2.20. The third-order valence-corrected chi connectivity index (χ3v) is 4.89. The Morgan fingerprint density at radius 3 is 2.44 bits per heavy atom. The third kappa shape index (κ3) is 3.02. The summed E-state index contributed by atoms with van der Waals surface area (Å²) >= 11 is 0. The van der Waals surface area contributed by atoms with Crippen molar-refractivity contribution >= 4 is 5.71 Å². The van der Waals surface area contributed by atoms with Gasteiger partial charge in [-0.15, -0.1) is 0 Å². The fourth-order valence-electron chi connectivity index (χ4n) is 3.44. The normalized spacial score (nSPS) is 20.3. The highest BCUT2D eigenvalue weighted by molar-refractivity contribution is 5.86. The van der Waals surface area contributed by atoms with E-state index >= 15 is 0 Å². The summed E-state index contributed by atoms with van der Waals surface area (Å²) in [5, 5.41) is 13.8. The summed E-state index contributed by atoms with van der Waals surface area (Å²) in [5.74, 6) is 2.85. The monoisotopic (exact) mass is 370 g/mol. The van der Waals surface area contributed by atoms with E-state index in [9.17, 15) is 5.21 Å². The predicted octanol–water partition coefficient (Wildman–Crippen LogP) is 3.07. The van der Waals surface area contributed by atoms with Gasteiger partial charge in [-0.05, 0) is 35.4 Å². The number of hydrogen-bond acceptors (Lipinski definition) is 8. The lowest BCUT2D eigenvalue weighted by molar-refractivity contribution is 0.0854. The number of oxime groups is 1. The Morgan fingerprint density at radius 1 is 0.963 bits per heavy atom. The molecule has 0 saturated heterocycles. The van der Waals surface area contributed by atoms with Crippen molar-refractivity contribution < 1.29 is 29.0 Å². The number of nitrogens with zero attached hydrogens (tertiary/aromatic N) is 1. The maximum Gasteiger partial charge on any atom is 0.231 e. The van der Waals surface area contributed by atoms with Crippen molar-refractivity contribution in [2.24, 2.45) is 5.16 Å². The van der Waals surface area contributed by atoms with Gasteiger partial charge in [-0.3, -0.25) is 0 Å². The summed E-state index contributed by atoms with van der Waals surface area (Å²) in [6.45, 7) is 0.458. The molecule has 3 heterocycles. The van der Waals surface area contributed by atoms with Gasteiger partial charge in [-0.1, -0.05) is 17.3 Å². The van der Waals surface area contributed by atoms with Gasteiger partial charge < -0.3 is 29.0 Å². The molecule has 0 amide bonds. The second-order valence-corrected chi connectivity index (χ2v) is 6.57. The van der Waals surface area contributed by atoms with E-state index in [-0.39, 0.29) is 25.7 Å². The van der Waals surface area contributed by atoms with Gasteiger partial charge in [0, 0.05) is 12.8 Å². The van der Waals surface area contributed by atoms with E-state index in [1.54, 1.807) is 0 Å². The standard InChI is InChI=1S/C19H18N2O6/c22-20-14(11-1-3-15-18(5-11)25-9-23-15)7-13-8-17(27-21-13)12-2-4-16-19(6-12)26-10-24-16/h1-6,14,17,20,22H,7-10H2. The van der Waals surface area contributed by atoms with Crippen molar-refractivity contribution in [2.45, 2.75) is 25.0 Å². The number of rotatable bonds is 5. The minimum absolute atomic E-state index is 0.175. The highest BCUT2D eigenvalue weighted by Crippen LogP contribution is 2.39. The maximum atomic E-state index is 9.63. The van der Waals surface area contributed by atoms with Crippen LogP contribution in [0.1, 0.15) is 36.1 Å². The van der Waals surface area contributed by atoms with Gasteiger partial charge in [-0.25, -0.2) is 0 Å². The van der Waals surface area contributed by atoms with Crippen LogP contribution in [0.3, 0.4) is 0 Å². The number of ether oxygens (including phenoxy) is 4. The van der Waals surface area contributed by atoms with Crippen LogP contribution in [0.15, 0.2) is 41.6 Å². The quantitative estimate of drug-likeness (QED) is 0.782. The van der Waals surface area contributed by atoms with Crippen LogP contribution >= 0.6 is 0 Å². The first kappa shape index (κ1) is 16.2.